The van der Waals surface area contributed by atoms with Crippen molar-refractivity contribution in [2.75, 3.05) is 31.5 Å². The van der Waals surface area contributed by atoms with Gasteiger partial charge in [-0.25, -0.2) is 19.0 Å². The smallest absolute Gasteiger partial charge is 0.404 e. The number of nitrogens with zero attached hydrogens (tertiary/aromatic N) is 4. The van der Waals surface area contributed by atoms with Gasteiger partial charge in [0.15, 0.2) is 0 Å². The second-order valence-corrected chi connectivity index (χ2v) is 10.9. The van der Waals surface area contributed by atoms with Crippen LogP contribution in [0.5, 0.6) is 0 Å². The molecule has 11 heteroatoms. The van der Waals surface area contributed by atoms with Crippen molar-refractivity contribution >= 4 is 17.8 Å². The second kappa shape index (κ2) is 13.1. The minimum absolute atomic E-state index is 0.0486. The molecule has 2 aliphatic heterocycles. The summed E-state index contributed by atoms with van der Waals surface area (Å²) in [5.41, 5.74) is 4.43. The number of carbonyl (C=O) groups is 2. The van der Waals surface area contributed by atoms with Gasteiger partial charge in [-0.2, -0.15) is 0 Å². The lowest BCUT2D eigenvalue weighted by atomic mass is 10.0. The number of urea groups is 1. The molecule has 1 aromatic heterocycles. The number of imidazole rings is 1. The number of rotatable bonds is 8. The highest BCUT2D eigenvalue weighted by molar-refractivity contribution is 5.89. The van der Waals surface area contributed by atoms with E-state index in [1.165, 1.54) is 12.1 Å². The number of hydrogen-bond donors (Lipinski definition) is 3. The Bertz CT molecular complexity index is 1340. The quantitative estimate of drug-likeness (QED) is 0.364. The number of hydrogen-bond acceptors (Lipinski definition) is 5. The second-order valence-electron chi connectivity index (χ2n) is 10.9. The van der Waals surface area contributed by atoms with Crippen molar-refractivity contribution in [1.29, 1.82) is 0 Å². The fourth-order valence-corrected chi connectivity index (χ4v) is 5.52. The number of piperidine rings is 2. The third-order valence-electron chi connectivity index (χ3n) is 7.61. The first-order valence-corrected chi connectivity index (χ1v) is 14.1. The molecule has 218 valence electrons. The highest BCUT2D eigenvalue weighted by Gasteiger charge is 2.24. The van der Waals surface area contributed by atoms with Crippen molar-refractivity contribution in [1.82, 2.24) is 24.7 Å². The van der Waals surface area contributed by atoms with E-state index in [4.69, 9.17) is 9.84 Å². The monoisotopic (exact) mass is 564 g/mol. The summed E-state index contributed by atoms with van der Waals surface area (Å²) in [5, 5.41) is 14.8. The highest BCUT2D eigenvalue weighted by atomic mass is 19.1. The van der Waals surface area contributed by atoms with Crippen molar-refractivity contribution in [2.24, 2.45) is 0 Å². The van der Waals surface area contributed by atoms with E-state index in [1.807, 2.05) is 29.8 Å². The number of anilines is 1. The average molecular weight is 565 g/mol. The molecule has 41 heavy (non-hydrogen) atoms. The first-order valence-electron chi connectivity index (χ1n) is 14.1. The molecule has 10 nitrogen and oxygen atoms in total. The topological polar surface area (TPSA) is 112 Å². The molecule has 3 amide bonds. The van der Waals surface area contributed by atoms with Gasteiger partial charge in [-0.1, -0.05) is 12.1 Å². The molecule has 0 aliphatic carbocycles. The number of carboxylic acid groups (broad SMARTS) is 1. The molecule has 2 aromatic carbocycles. The molecule has 3 aromatic rings. The number of aryl methyl sites for hydroxylation is 1. The van der Waals surface area contributed by atoms with Crippen LogP contribution in [-0.2, 0) is 17.9 Å². The molecular formula is C30H37FN6O4. The van der Waals surface area contributed by atoms with E-state index in [0.29, 0.717) is 38.5 Å². The number of likely N-dealkylation sites (tertiary alicyclic amines) is 2. The summed E-state index contributed by atoms with van der Waals surface area (Å²) in [6.45, 7) is 5.67. The summed E-state index contributed by atoms with van der Waals surface area (Å²) in [6, 6.07) is 12.1. The Hall–Kier alpha value is -3.96. The minimum atomic E-state index is -0.997. The number of halogens is 1. The van der Waals surface area contributed by atoms with Crippen LogP contribution in [0, 0.1) is 12.7 Å². The fourth-order valence-electron chi connectivity index (χ4n) is 5.52. The van der Waals surface area contributed by atoms with Crippen molar-refractivity contribution in [3.8, 4) is 5.69 Å². The first kappa shape index (κ1) is 28.6. The number of benzene rings is 2. The number of ether oxygens (including phenoxy) is 1. The van der Waals surface area contributed by atoms with Crippen LogP contribution < -0.4 is 10.6 Å². The molecule has 0 unspecified atom stereocenters. The van der Waals surface area contributed by atoms with Crippen molar-refractivity contribution in [3.63, 3.8) is 0 Å². The van der Waals surface area contributed by atoms with Crippen LogP contribution in [0.25, 0.3) is 5.69 Å². The minimum Gasteiger partial charge on any atom is -0.465 e. The third kappa shape index (κ3) is 8.05. The van der Waals surface area contributed by atoms with E-state index in [0.717, 1.165) is 54.7 Å². The molecule has 3 heterocycles. The molecule has 3 N–H and O–H groups in total. The van der Waals surface area contributed by atoms with E-state index in [9.17, 15) is 14.0 Å². The lowest BCUT2D eigenvalue weighted by molar-refractivity contribution is 0.00538. The van der Waals surface area contributed by atoms with Crippen molar-refractivity contribution in [3.05, 3.63) is 77.6 Å². The van der Waals surface area contributed by atoms with Crippen LogP contribution in [0.2, 0.25) is 0 Å². The zero-order valence-electron chi connectivity index (χ0n) is 23.3. The zero-order chi connectivity index (χ0) is 28.8. The van der Waals surface area contributed by atoms with E-state index >= 15 is 0 Å². The maximum atomic E-state index is 13.2. The van der Waals surface area contributed by atoms with Crippen LogP contribution in [0.1, 0.15) is 42.5 Å². The molecule has 0 bridgehead atoms. The summed E-state index contributed by atoms with van der Waals surface area (Å²) in [7, 11) is 0. The van der Waals surface area contributed by atoms with Crippen LogP contribution in [0.15, 0.2) is 55.0 Å². The molecule has 2 fully saturated rings. The van der Waals surface area contributed by atoms with Gasteiger partial charge in [-0.3, -0.25) is 4.90 Å². The summed E-state index contributed by atoms with van der Waals surface area (Å²) in [4.78, 5) is 32.8. The SMILES string of the molecule is Cc1cn(-c2cc(CN3CCC[C@H](NC(=O)O)C3)cc(NC(=O)N3CCC(OCc4ccc(F)cc4)CC3)c2)cn1. The zero-order valence-corrected chi connectivity index (χ0v) is 23.3. The Morgan fingerprint density at radius 3 is 2.56 bits per heavy atom. The molecule has 5 rings (SSSR count). The van der Waals surface area contributed by atoms with E-state index < -0.39 is 6.09 Å². The number of nitrogens with one attached hydrogen (secondary N) is 2. The standard InChI is InChI=1S/C30H37FN6O4/c1-21-16-37(20-32-21)27-14-23(17-35-10-2-3-25(18-35)34-30(39)40)13-26(15-27)33-29(38)36-11-8-28(9-12-36)41-19-22-4-6-24(31)7-5-22/h4-7,13-16,20,25,28,34H,2-3,8-12,17-19H2,1H3,(H,33,38)(H,39,40)/t25-/m0/s1. The molecule has 0 spiro atoms. The van der Waals surface area contributed by atoms with Crippen LogP contribution in [0.4, 0.5) is 19.7 Å². The van der Waals surface area contributed by atoms with Gasteiger partial charge < -0.3 is 29.9 Å². The van der Waals surface area contributed by atoms with Gasteiger partial charge in [-0.05, 0) is 80.6 Å². The molecule has 0 saturated carbocycles. The normalized spacial score (nSPS) is 18.3. The summed E-state index contributed by atoms with van der Waals surface area (Å²) < 4.78 is 21.1. The summed E-state index contributed by atoms with van der Waals surface area (Å²) >= 11 is 0. The van der Waals surface area contributed by atoms with Gasteiger partial charge in [0.05, 0.1) is 24.7 Å². The van der Waals surface area contributed by atoms with Gasteiger partial charge in [0.25, 0.3) is 0 Å². The van der Waals surface area contributed by atoms with Crippen LogP contribution in [-0.4, -0.2) is 74.9 Å². The van der Waals surface area contributed by atoms with Gasteiger partial charge in [-0.15, -0.1) is 0 Å². The van der Waals surface area contributed by atoms with Gasteiger partial charge in [0, 0.05) is 49.8 Å². The maximum absolute atomic E-state index is 13.2. The first-order chi connectivity index (χ1) is 19.8. The lowest BCUT2D eigenvalue weighted by Gasteiger charge is -2.33. The molecule has 1 atom stereocenters. The Labute approximate surface area is 239 Å². The van der Waals surface area contributed by atoms with Gasteiger partial charge >= 0.3 is 12.1 Å². The average Bonchev–Trinajstić information content (AvgIpc) is 3.39. The maximum Gasteiger partial charge on any atom is 0.404 e. The Balaban J connectivity index is 1.21. The molecular weight excluding hydrogens is 527 g/mol. The number of amides is 3. The van der Waals surface area contributed by atoms with Gasteiger partial charge in [0.2, 0.25) is 0 Å². The number of aromatic nitrogens is 2. The Kier molecular flexibility index (Phi) is 9.15. The predicted molar refractivity (Wildman–Crippen MR) is 153 cm³/mol. The largest absolute Gasteiger partial charge is 0.465 e. The molecule has 2 saturated heterocycles. The van der Waals surface area contributed by atoms with Gasteiger partial charge in [0.1, 0.15) is 5.82 Å². The number of carbonyl (C=O) groups excluding carboxylic acids is 1. The lowest BCUT2D eigenvalue weighted by Crippen LogP contribution is -2.46. The third-order valence-corrected chi connectivity index (χ3v) is 7.61. The van der Waals surface area contributed by atoms with Crippen LogP contribution >= 0.6 is 0 Å². The Morgan fingerprint density at radius 1 is 1.07 bits per heavy atom. The van der Waals surface area contributed by atoms with Crippen molar-refractivity contribution < 1.29 is 23.8 Å². The molecule has 0 radical (unpaired) electrons. The van der Waals surface area contributed by atoms with E-state index in [1.54, 1.807) is 23.4 Å². The fraction of sp³-hybridized carbons (Fsp3) is 0.433. The van der Waals surface area contributed by atoms with E-state index in [-0.39, 0.29) is 24.0 Å². The van der Waals surface area contributed by atoms with Crippen LogP contribution in [0.3, 0.4) is 0 Å². The predicted octanol–water partition coefficient (Wildman–Crippen LogP) is 4.76. The summed E-state index contributed by atoms with van der Waals surface area (Å²) in [6.07, 6.45) is 5.95. The van der Waals surface area contributed by atoms with Crippen molar-refractivity contribution in [2.45, 2.75) is 57.9 Å². The highest BCUT2D eigenvalue weighted by Crippen LogP contribution is 2.23. The Morgan fingerprint density at radius 2 is 1.85 bits per heavy atom. The van der Waals surface area contributed by atoms with E-state index in [2.05, 4.69) is 26.6 Å². The summed E-state index contributed by atoms with van der Waals surface area (Å²) in [5.74, 6) is -0.265. The molecule has 2 aliphatic rings.